The van der Waals surface area contributed by atoms with Gasteiger partial charge in [0, 0.05) is 13.1 Å². The van der Waals surface area contributed by atoms with Gasteiger partial charge in [0.2, 0.25) is 5.91 Å². The van der Waals surface area contributed by atoms with Gasteiger partial charge in [-0.15, -0.1) is 0 Å². The third-order valence-electron chi connectivity index (χ3n) is 3.53. The van der Waals surface area contributed by atoms with Crippen molar-refractivity contribution in [3.63, 3.8) is 0 Å². The lowest BCUT2D eigenvalue weighted by molar-refractivity contribution is -0.148. The lowest BCUT2D eigenvalue weighted by atomic mass is 9.87. The van der Waals surface area contributed by atoms with Gasteiger partial charge in [0.1, 0.15) is 5.82 Å². The van der Waals surface area contributed by atoms with E-state index >= 15 is 0 Å². The van der Waals surface area contributed by atoms with Crippen molar-refractivity contribution < 1.29 is 14.7 Å². The molecule has 1 aromatic heterocycles. The maximum absolute atomic E-state index is 12.1. The molecule has 2 unspecified atom stereocenters. The first-order valence-electron chi connectivity index (χ1n) is 6.36. The molecule has 7 nitrogen and oxygen atoms in total. The van der Waals surface area contributed by atoms with E-state index in [1.165, 1.54) is 0 Å². The van der Waals surface area contributed by atoms with E-state index in [4.69, 9.17) is 5.11 Å². The zero-order valence-electron chi connectivity index (χ0n) is 11.1. The van der Waals surface area contributed by atoms with Gasteiger partial charge in [-0.05, 0) is 19.3 Å². The van der Waals surface area contributed by atoms with E-state index in [-0.39, 0.29) is 24.2 Å². The van der Waals surface area contributed by atoms with Crippen LogP contribution >= 0.6 is 0 Å². The summed E-state index contributed by atoms with van der Waals surface area (Å²) < 4.78 is 0. The number of carboxylic acid groups (broad SMARTS) is 1. The third kappa shape index (κ3) is 3.10. The van der Waals surface area contributed by atoms with Gasteiger partial charge in [0.15, 0.2) is 5.82 Å². The highest BCUT2D eigenvalue weighted by Crippen LogP contribution is 2.23. The fourth-order valence-corrected chi connectivity index (χ4v) is 2.45. The molecule has 7 heteroatoms. The van der Waals surface area contributed by atoms with Crippen LogP contribution in [-0.4, -0.2) is 50.2 Å². The van der Waals surface area contributed by atoms with Gasteiger partial charge in [-0.1, -0.05) is 6.92 Å². The van der Waals surface area contributed by atoms with Gasteiger partial charge >= 0.3 is 5.97 Å². The highest BCUT2D eigenvalue weighted by atomic mass is 16.4. The van der Waals surface area contributed by atoms with E-state index in [2.05, 4.69) is 15.2 Å². The van der Waals surface area contributed by atoms with Crippen molar-refractivity contribution in [3.8, 4) is 0 Å². The Balaban J connectivity index is 1.93. The predicted octanol–water partition coefficient (Wildman–Crippen LogP) is 0.225. The first-order chi connectivity index (χ1) is 8.97. The van der Waals surface area contributed by atoms with Crippen LogP contribution < -0.4 is 0 Å². The van der Waals surface area contributed by atoms with E-state index < -0.39 is 5.97 Å². The van der Waals surface area contributed by atoms with Crippen LogP contribution in [0.25, 0.3) is 0 Å². The van der Waals surface area contributed by atoms with Crippen LogP contribution in [0.4, 0.5) is 0 Å². The summed E-state index contributed by atoms with van der Waals surface area (Å²) >= 11 is 0. The van der Waals surface area contributed by atoms with Crippen molar-refractivity contribution in [3.05, 3.63) is 11.6 Å². The molecular formula is C12H18N4O3. The van der Waals surface area contributed by atoms with Crippen molar-refractivity contribution in [2.24, 2.45) is 11.8 Å². The second-order valence-corrected chi connectivity index (χ2v) is 5.06. The van der Waals surface area contributed by atoms with Gasteiger partial charge < -0.3 is 10.0 Å². The monoisotopic (exact) mass is 266 g/mol. The Morgan fingerprint density at radius 1 is 1.53 bits per heavy atom. The summed E-state index contributed by atoms with van der Waals surface area (Å²) in [4.78, 5) is 28.9. The maximum atomic E-state index is 12.1. The van der Waals surface area contributed by atoms with Gasteiger partial charge in [-0.3, -0.25) is 14.7 Å². The number of amides is 1. The van der Waals surface area contributed by atoms with E-state index in [9.17, 15) is 9.59 Å². The molecule has 0 spiro atoms. The number of aromatic amines is 1. The molecule has 19 heavy (non-hydrogen) atoms. The fourth-order valence-electron chi connectivity index (χ4n) is 2.45. The van der Waals surface area contributed by atoms with E-state index in [1.54, 1.807) is 11.8 Å². The minimum Gasteiger partial charge on any atom is -0.481 e. The molecule has 0 saturated carbocycles. The third-order valence-corrected chi connectivity index (χ3v) is 3.53. The van der Waals surface area contributed by atoms with Crippen LogP contribution in [-0.2, 0) is 16.0 Å². The summed E-state index contributed by atoms with van der Waals surface area (Å²) in [5.74, 6) is -0.0333. The minimum atomic E-state index is -0.774. The number of carbonyl (C=O) groups excluding carboxylic acids is 1. The zero-order chi connectivity index (χ0) is 14.0. The van der Waals surface area contributed by atoms with Crippen molar-refractivity contribution in [1.29, 1.82) is 0 Å². The molecule has 2 atom stereocenters. The molecule has 1 saturated heterocycles. The molecule has 1 aliphatic rings. The molecule has 0 bridgehead atoms. The molecule has 1 aromatic rings. The Morgan fingerprint density at radius 2 is 2.26 bits per heavy atom. The van der Waals surface area contributed by atoms with Crippen molar-refractivity contribution >= 4 is 11.9 Å². The Labute approximate surface area is 111 Å². The number of carboxylic acids is 1. The normalized spacial score (nSPS) is 23.4. The number of likely N-dealkylation sites (tertiary alicyclic amines) is 1. The second-order valence-electron chi connectivity index (χ2n) is 5.06. The highest BCUT2D eigenvalue weighted by molar-refractivity contribution is 5.78. The summed E-state index contributed by atoms with van der Waals surface area (Å²) in [6, 6.07) is 0. The summed E-state index contributed by atoms with van der Waals surface area (Å²) in [6.07, 6.45) is 0.671. The smallest absolute Gasteiger partial charge is 0.306 e. The van der Waals surface area contributed by atoms with Gasteiger partial charge in [0.05, 0.1) is 12.3 Å². The number of carbonyl (C=O) groups is 2. The number of H-pyrrole nitrogens is 1. The topological polar surface area (TPSA) is 99.2 Å². The quantitative estimate of drug-likeness (QED) is 0.815. The van der Waals surface area contributed by atoms with Crippen molar-refractivity contribution in [1.82, 2.24) is 20.1 Å². The average molecular weight is 266 g/mol. The molecule has 1 fully saturated rings. The molecule has 104 valence electrons. The molecule has 1 amide bonds. The number of hydrogen-bond acceptors (Lipinski definition) is 4. The van der Waals surface area contributed by atoms with Gasteiger partial charge in [0.25, 0.3) is 0 Å². The summed E-state index contributed by atoms with van der Waals surface area (Å²) in [6.45, 7) is 4.62. The molecule has 1 aliphatic heterocycles. The molecule has 0 aliphatic carbocycles. The molecule has 0 radical (unpaired) electrons. The first-order valence-corrected chi connectivity index (χ1v) is 6.36. The number of nitrogens with zero attached hydrogens (tertiary/aromatic N) is 3. The zero-order valence-corrected chi connectivity index (χ0v) is 11.1. The fraction of sp³-hybridized carbons (Fsp3) is 0.667. The van der Waals surface area contributed by atoms with E-state index in [1.807, 2.05) is 6.92 Å². The van der Waals surface area contributed by atoms with Crippen LogP contribution in [0, 0.1) is 18.8 Å². The Kier molecular flexibility index (Phi) is 3.82. The lowest BCUT2D eigenvalue weighted by Gasteiger charge is -2.34. The maximum Gasteiger partial charge on any atom is 0.306 e. The molecule has 2 heterocycles. The Bertz CT molecular complexity index is 485. The van der Waals surface area contributed by atoms with E-state index in [0.717, 1.165) is 0 Å². The SMILES string of the molecule is Cc1nc(CC(=O)N2CCC(C(=O)O)C(C)C2)n[nH]1. The number of piperidine rings is 1. The van der Waals surface area contributed by atoms with Crippen LogP contribution in [0.3, 0.4) is 0 Å². The largest absolute Gasteiger partial charge is 0.481 e. The number of nitrogens with one attached hydrogen (secondary N) is 1. The number of aromatic nitrogens is 3. The minimum absolute atomic E-state index is 0.0240. The Hall–Kier alpha value is -1.92. The highest BCUT2D eigenvalue weighted by Gasteiger charge is 2.33. The van der Waals surface area contributed by atoms with Crippen LogP contribution in [0.1, 0.15) is 25.0 Å². The molecule has 0 aromatic carbocycles. The Morgan fingerprint density at radius 3 is 2.79 bits per heavy atom. The van der Waals surface area contributed by atoms with Crippen LogP contribution in [0.5, 0.6) is 0 Å². The standard InChI is InChI=1S/C12H18N4O3/c1-7-6-16(4-3-9(7)12(18)19)11(17)5-10-13-8(2)14-15-10/h7,9H,3-6H2,1-2H3,(H,18,19)(H,13,14,15). The van der Waals surface area contributed by atoms with Gasteiger partial charge in [-0.2, -0.15) is 5.10 Å². The summed E-state index contributed by atoms with van der Waals surface area (Å²) in [7, 11) is 0. The van der Waals surface area contributed by atoms with Gasteiger partial charge in [-0.25, -0.2) is 4.98 Å². The van der Waals surface area contributed by atoms with Crippen molar-refractivity contribution in [2.75, 3.05) is 13.1 Å². The molecular weight excluding hydrogens is 248 g/mol. The second kappa shape index (κ2) is 5.38. The number of aliphatic carboxylic acids is 1. The number of rotatable bonds is 3. The van der Waals surface area contributed by atoms with Crippen LogP contribution in [0.15, 0.2) is 0 Å². The van der Waals surface area contributed by atoms with E-state index in [0.29, 0.717) is 31.2 Å². The lowest BCUT2D eigenvalue weighted by Crippen LogP contribution is -2.45. The summed E-state index contributed by atoms with van der Waals surface area (Å²) in [5, 5.41) is 15.7. The number of aryl methyl sites for hydroxylation is 1. The first kappa shape index (κ1) is 13.5. The molecule has 2 rings (SSSR count). The van der Waals surface area contributed by atoms with Crippen molar-refractivity contribution in [2.45, 2.75) is 26.7 Å². The predicted molar refractivity (Wildman–Crippen MR) is 66.3 cm³/mol. The number of hydrogen-bond donors (Lipinski definition) is 2. The summed E-state index contributed by atoms with van der Waals surface area (Å²) in [5.41, 5.74) is 0. The van der Waals surface area contributed by atoms with Crippen LogP contribution in [0.2, 0.25) is 0 Å². The molecule has 2 N–H and O–H groups in total. The average Bonchev–Trinajstić information content (AvgIpc) is 2.74.